The predicted molar refractivity (Wildman–Crippen MR) is 157 cm³/mol. The Morgan fingerprint density at radius 1 is 1.18 bits per heavy atom. The highest BCUT2D eigenvalue weighted by Crippen LogP contribution is 2.27. The zero-order valence-corrected chi connectivity index (χ0v) is 23.1. The fourth-order valence-corrected chi connectivity index (χ4v) is 5.26. The summed E-state index contributed by atoms with van der Waals surface area (Å²) in [4.78, 5) is 22.0. The number of amides is 1. The minimum Gasteiger partial charge on any atom is -0.491 e. The van der Waals surface area contributed by atoms with Gasteiger partial charge >= 0.3 is 0 Å². The van der Waals surface area contributed by atoms with Gasteiger partial charge in [0.05, 0.1) is 4.91 Å². The van der Waals surface area contributed by atoms with Crippen LogP contribution in [0.15, 0.2) is 64.5 Å². The van der Waals surface area contributed by atoms with Crippen LogP contribution in [0.25, 0.3) is 6.08 Å². The second kappa shape index (κ2) is 14.3. The second-order valence-corrected chi connectivity index (χ2v) is 11.0. The van der Waals surface area contributed by atoms with Crippen molar-refractivity contribution >= 4 is 34.6 Å². The minimum absolute atomic E-state index is 0.0863. The number of hydrogen-bond acceptors (Lipinski definition) is 8. The number of hydrogen-bond donors (Lipinski definition) is 3. The van der Waals surface area contributed by atoms with Crippen molar-refractivity contribution in [3.63, 3.8) is 0 Å². The lowest BCUT2D eigenvalue weighted by Gasteiger charge is -2.34. The lowest BCUT2D eigenvalue weighted by Crippen LogP contribution is -2.45. The third-order valence-electron chi connectivity index (χ3n) is 6.55. The number of aliphatic hydroxyl groups excluding tert-OH is 1. The van der Waals surface area contributed by atoms with Gasteiger partial charge in [-0.05, 0) is 87.6 Å². The van der Waals surface area contributed by atoms with E-state index in [-0.39, 0.29) is 12.5 Å². The molecule has 2 aliphatic heterocycles. The number of aliphatic hydroxyl groups is 1. The molecule has 38 heavy (non-hydrogen) atoms. The average Bonchev–Trinajstić information content (AvgIpc) is 3.28. The predicted octanol–water partition coefficient (Wildman–Crippen LogP) is 3.20. The van der Waals surface area contributed by atoms with Gasteiger partial charge < -0.3 is 30.3 Å². The zero-order valence-electron chi connectivity index (χ0n) is 22.3. The third-order valence-corrected chi connectivity index (χ3v) is 7.50. The topological polar surface area (TPSA) is 89.4 Å². The van der Waals surface area contributed by atoms with Crippen LogP contribution in [0.2, 0.25) is 0 Å². The van der Waals surface area contributed by atoms with E-state index in [1.54, 1.807) is 0 Å². The Morgan fingerprint density at radius 3 is 2.63 bits per heavy atom. The largest absolute Gasteiger partial charge is 0.491 e. The molecule has 2 aliphatic rings. The van der Waals surface area contributed by atoms with Crippen LogP contribution in [0.1, 0.15) is 24.8 Å². The summed E-state index contributed by atoms with van der Waals surface area (Å²) in [5, 5.41) is 17.3. The Hall–Kier alpha value is -2.85. The molecule has 2 aromatic carbocycles. The van der Waals surface area contributed by atoms with Crippen molar-refractivity contribution in [1.82, 2.24) is 15.5 Å². The van der Waals surface area contributed by atoms with Gasteiger partial charge in [-0.1, -0.05) is 30.3 Å². The standard InChI is InChI=1S/C29H39N5O3S/c1-33(2)16-6-15-30-29-32-28(36)27(38-29)19-22-9-11-24(12-10-22)34-17-13-23(14-18-34)31-20-25(35)21-37-26-7-4-3-5-8-26/h3-5,7-12,19,23,25,31,35H,6,13-18,20-21H2,1-2H3,(H,30,32,36)/b27-19+. The Labute approximate surface area is 230 Å². The lowest BCUT2D eigenvalue weighted by atomic mass is 10.0. The maximum absolute atomic E-state index is 12.3. The molecule has 8 nitrogen and oxygen atoms in total. The van der Waals surface area contributed by atoms with E-state index in [4.69, 9.17) is 4.74 Å². The van der Waals surface area contributed by atoms with Gasteiger partial charge in [0.2, 0.25) is 0 Å². The molecule has 0 radical (unpaired) electrons. The molecule has 2 aromatic rings. The van der Waals surface area contributed by atoms with Crippen molar-refractivity contribution in [2.24, 2.45) is 4.99 Å². The van der Waals surface area contributed by atoms with Gasteiger partial charge in [-0.25, -0.2) is 0 Å². The van der Waals surface area contributed by atoms with Crippen LogP contribution >= 0.6 is 11.8 Å². The maximum Gasteiger partial charge on any atom is 0.264 e. The molecule has 0 spiro atoms. The molecular weight excluding hydrogens is 498 g/mol. The van der Waals surface area contributed by atoms with Crippen LogP contribution in [-0.2, 0) is 4.79 Å². The molecule has 0 saturated carbocycles. The van der Waals surface area contributed by atoms with Crippen LogP contribution < -0.4 is 20.3 Å². The number of nitrogens with one attached hydrogen (secondary N) is 2. The van der Waals surface area contributed by atoms with Crippen LogP contribution in [0, 0.1) is 0 Å². The van der Waals surface area contributed by atoms with Crippen molar-refractivity contribution in [3.8, 4) is 5.75 Å². The van der Waals surface area contributed by atoms with Gasteiger partial charge in [0.25, 0.3) is 5.91 Å². The molecule has 1 atom stereocenters. The summed E-state index contributed by atoms with van der Waals surface area (Å²) in [6.45, 7) is 4.41. The Morgan fingerprint density at radius 2 is 1.92 bits per heavy atom. The first-order valence-electron chi connectivity index (χ1n) is 13.3. The maximum atomic E-state index is 12.3. The van der Waals surface area contributed by atoms with E-state index in [1.807, 2.05) is 50.5 Å². The number of rotatable bonds is 12. The van der Waals surface area contributed by atoms with Crippen molar-refractivity contribution in [2.75, 3.05) is 58.3 Å². The number of piperidine rings is 1. The van der Waals surface area contributed by atoms with Crippen molar-refractivity contribution in [1.29, 1.82) is 0 Å². The Balaban J connectivity index is 1.18. The molecule has 1 unspecified atom stereocenters. The van der Waals surface area contributed by atoms with Gasteiger partial charge in [0.1, 0.15) is 18.5 Å². The van der Waals surface area contributed by atoms with E-state index in [0.717, 1.165) is 50.2 Å². The highest BCUT2D eigenvalue weighted by atomic mass is 32.2. The van der Waals surface area contributed by atoms with E-state index in [2.05, 4.69) is 49.7 Å². The third kappa shape index (κ3) is 8.87. The number of thioether (sulfide) groups is 1. The summed E-state index contributed by atoms with van der Waals surface area (Å²) in [5.74, 6) is 0.689. The van der Waals surface area contributed by atoms with Crippen LogP contribution in [0.3, 0.4) is 0 Å². The number of aliphatic imine (C=N–C) groups is 1. The molecule has 0 bridgehead atoms. The molecule has 204 valence electrons. The summed E-state index contributed by atoms with van der Waals surface area (Å²) < 4.78 is 5.64. The summed E-state index contributed by atoms with van der Waals surface area (Å²) >= 11 is 1.41. The van der Waals surface area contributed by atoms with Gasteiger partial charge in [0, 0.05) is 37.9 Å². The quantitative estimate of drug-likeness (QED) is 0.283. The van der Waals surface area contributed by atoms with Gasteiger partial charge in [0.15, 0.2) is 5.17 Å². The number of nitrogens with zero attached hydrogens (tertiary/aromatic N) is 3. The first-order valence-corrected chi connectivity index (χ1v) is 14.1. The number of amidine groups is 1. The fraction of sp³-hybridized carbons (Fsp3) is 0.448. The number of para-hydroxylation sites is 1. The zero-order chi connectivity index (χ0) is 26.7. The van der Waals surface area contributed by atoms with Crippen LogP contribution in [0.5, 0.6) is 5.75 Å². The highest BCUT2D eigenvalue weighted by Gasteiger charge is 2.24. The first-order chi connectivity index (χ1) is 18.5. The monoisotopic (exact) mass is 537 g/mol. The number of carbonyl (C=O) groups excluding carboxylic acids is 1. The molecule has 2 saturated heterocycles. The number of carbonyl (C=O) groups is 1. The molecule has 2 fully saturated rings. The lowest BCUT2D eigenvalue weighted by molar-refractivity contribution is -0.115. The van der Waals surface area contributed by atoms with Crippen molar-refractivity contribution in [2.45, 2.75) is 31.4 Å². The summed E-state index contributed by atoms with van der Waals surface area (Å²) in [5.41, 5.74) is 2.19. The molecule has 0 aromatic heterocycles. The van der Waals surface area contributed by atoms with E-state index < -0.39 is 6.10 Å². The number of anilines is 1. The molecule has 0 aliphatic carbocycles. The number of ether oxygens (including phenoxy) is 1. The smallest absolute Gasteiger partial charge is 0.264 e. The normalized spacial score (nSPS) is 19.4. The summed E-state index contributed by atoms with van der Waals surface area (Å²) in [7, 11) is 4.09. The van der Waals surface area contributed by atoms with Crippen LogP contribution in [0.4, 0.5) is 5.69 Å². The highest BCUT2D eigenvalue weighted by molar-refractivity contribution is 8.18. The molecule has 9 heteroatoms. The molecule has 3 N–H and O–H groups in total. The SMILES string of the molecule is CN(C)CCCN=C1NC(=O)/C(=C\c2ccc(N3CCC(NCC(O)COc4ccccc4)CC3)cc2)S1. The molecule has 1 amide bonds. The molecule has 4 rings (SSSR count). The van der Waals surface area contributed by atoms with Gasteiger partial charge in [-0.15, -0.1) is 0 Å². The Kier molecular flexibility index (Phi) is 10.6. The minimum atomic E-state index is -0.541. The molecular formula is C29H39N5O3S. The average molecular weight is 538 g/mol. The van der Waals surface area contributed by atoms with Crippen molar-refractivity contribution < 1.29 is 14.6 Å². The van der Waals surface area contributed by atoms with E-state index >= 15 is 0 Å². The first kappa shape index (κ1) is 28.2. The van der Waals surface area contributed by atoms with E-state index in [1.165, 1.54) is 17.4 Å². The van der Waals surface area contributed by atoms with E-state index in [9.17, 15) is 9.90 Å². The summed E-state index contributed by atoms with van der Waals surface area (Å²) in [6, 6.07) is 18.3. The number of benzene rings is 2. The van der Waals surface area contributed by atoms with Crippen molar-refractivity contribution in [3.05, 3.63) is 65.1 Å². The Bertz CT molecular complexity index is 1080. The van der Waals surface area contributed by atoms with Gasteiger partial charge in [-0.3, -0.25) is 9.79 Å². The molecule has 2 heterocycles. The van der Waals surface area contributed by atoms with E-state index in [0.29, 0.717) is 29.2 Å². The summed E-state index contributed by atoms with van der Waals surface area (Å²) in [6.07, 6.45) is 4.39. The van der Waals surface area contributed by atoms with Gasteiger partial charge in [-0.2, -0.15) is 0 Å². The second-order valence-electron chi connectivity index (χ2n) is 9.95. The fourth-order valence-electron chi connectivity index (χ4n) is 4.41. The van der Waals surface area contributed by atoms with Crippen LogP contribution in [-0.4, -0.2) is 86.7 Å².